The van der Waals surface area contributed by atoms with E-state index < -0.39 is 0 Å². The Morgan fingerprint density at radius 3 is 2.75 bits per heavy atom. The third-order valence-electron chi connectivity index (χ3n) is 1.16. The average molecular weight is 111 g/mol. The number of aliphatic imine (C=N–C) groups is 1. The molecule has 0 aliphatic heterocycles. The minimum atomic E-state index is 0.857. The largest absolute Gasteiger partial charge is 0.301 e. The summed E-state index contributed by atoms with van der Waals surface area (Å²) < 4.78 is 0. The van der Waals surface area contributed by atoms with Crippen molar-refractivity contribution in [3.05, 3.63) is 11.6 Å². The summed E-state index contributed by atoms with van der Waals surface area (Å²) in [5.74, 6) is 0. The molecule has 0 amide bonds. The predicted molar refractivity (Wildman–Crippen MR) is 38.5 cm³/mol. The van der Waals surface area contributed by atoms with Crippen molar-refractivity contribution in [1.82, 2.24) is 0 Å². The van der Waals surface area contributed by atoms with Gasteiger partial charge in [-0.2, -0.15) is 0 Å². The Balaban J connectivity index is 3.24. The quantitative estimate of drug-likeness (QED) is 0.390. The van der Waals surface area contributed by atoms with Crippen LogP contribution < -0.4 is 0 Å². The van der Waals surface area contributed by atoms with Gasteiger partial charge in [-0.3, -0.25) is 0 Å². The second-order valence-corrected chi connectivity index (χ2v) is 1.83. The van der Waals surface area contributed by atoms with Gasteiger partial charge in [-0.25, -0.2) is 0 Å². The van der Waals surface area contributed by atoms with Crippen LogP contribution in [0.25, 0.3) is 0 Å². The summed E-state index contributed by atoms with van der Waals surface area (Å²) in [7, 11) is 0. The normalized spacial score (nSPS) is 11.5. The van der Waals surface area contributed by atoms with E-state index in [1.54, 1.807) is 0 Å². The zero-order valence-electron chi connectivity index (χ0n) is 5.65. The van der Waals surface area contributed by atoms with Crippen molar-refractivity contribution in [2.75, 3.05) is 6.54 Å². The Kier molecular flexibility index (Phi) is 4.23. The van der Waals surface area contributed by atoms with Gasteiger partial charge in [0.1, 0.15) is 0 Å². The van der Waals surface area contributed by atoms with E-state index in [-0.39, 0.29) is 0 Å². The minimum Gasteiger partial charge on any atom is -0.301 e. The van der Waals surface area contributed by atoms with Crippen LogP contribution in [0.5, 0.6) is 0 Å². The van der Waals surface area contributed by atoms with E-state index in [9.17, 15) is 0 Å². The van der Waals surface area contributed by atoms with Gasteiger partial charge in [-0.15, -0.1) is 0 Å². The maximum Gasteiger partial charge on any atom is 0.0419 e. The molecular weight excluding hydrogens is 98.1 g/mol. The molecule has 0 N–H and O–H groups in total. The topological polar surface area (TPSA) is 12.4 Å². The summed E-state index contributed by atoms with van der Waals surface area (Å²) in [4.78, 5) is 3.73. The fourth-order valence-corrected chi connectivity index (χ4v) is 0.400. The second kappa shape index (κ2) is 4.57. The molecule has 0 aromatic rings. The van der Waals surface area contributed by atoms with Gasteiger partial charge in [0.2, 0.25) is 0 Å². The summed E-state index contributed by atoms with van der Waals surface area (Å²) in [6.07, 6.45) is 3.16. The predicted octanol–water partition coefficient (Wildman–Crippen LogP) is 2.04. The van der Waals surface area contributed by atoms with E-state index in [1.165, 1.54) is 5.57 Å². The van der Waals surface area contributed by atoms with Crippen LogP contribution in [-0.4, -0.2) is 13.3 Å². The Morgan fingerprint density at radius 1 is 1.75 bits per heavy atom. The van der Waals surface area contributed by atoms with Gasteiger partial charge >= 0.3 is 0 Å². The number of hydrogen-bond donors (Lipinski definition) is 0. The minimum absolute atomic E-state index is 0.857. The Labute approximate surface area is 51.1 Å². The molecule has 0 saturated heterocycles. The van der Waals surface area contributed by atoms with Crippen LogP contribution in [0.1, 0.15) is 20.3 Å². The highest BCUT2D eigenvalue weighted by Gasteiger charge is 1.82. The van der Waals surface area contributed by atoms with Gasteiger partial charge in [0.15, 0.2) is 0 Å². The maximum absolute atomic E-state index is 3.73. The molecule has 0 spiro atoms. The van der Waals surface area contributed by atoms with Crippen LogP contribution in [-0.2, 0) is 0 Å². The number of allylic oxidation sites excluding steroid dienone is 1. The monoisotopic (exact) mass is 111 g/mol. The molecule has 0 aromatic carbocycles. The summed E-state index contributed by atoms with van der Waals surface area (Å²) in [5, 5.41) is 0. The number of hydrogen-bond acceptors (Lipinski definition) is 1. The van der Waals surface area contributed by atoms with Crippen molar-refractivity contribution >= 4 is 6.72 Å². The molecule has 0 aromatic heterocycles. The molecule has 0 rings (SSSR count). The first-order valence-electron chi connectivity index (χ1n) is 2.85. The van der Waals surface area contributed by atoms with Gasteiger partial charge in [-0.1, -0.05) is 11.6 Å². The molecule has 0 radical (unpaired) electrons. The lowest BCUT2D eigenvalue weighted by Gasteiger charge is -1.92. The molecule has 0 fully saturated rings. The highest BCUT2D eigenvalue weighted by Crippen LogP contribution is 1.97. The average Bonchev–Trinajstić information content (AvgIpc) is 1.83. The third kappa shape index (κ3) is 3.59. The number of nitrogens with zero attached hydrogens (tertiary/aromatic N) is 1. The molecule has 0 heterocycles. The molecule has 8 heavy (non-hydrogen) atoms. The van der Waals surface area contributed by atoms with Crippen LogP contribution >= 0.6 is 0 Å². The standard InChI is InChI=1S/C7H13N/c1-4-7(2)5-6-8-3/h4H,3,5-6H2,1-2H3/b7-4-. The van der Waals surface area contributed by atoms with Gasteiger partial charge in [-0.05, 0) is 27.0 Å². The van der Waals surface area contributed by atoms with Gasteiger partial charge in [0.05, 0.1) is 0 Å². The third-order valence-corrected chi connectivity index (χ3v) is 1.16. The van der Waals surface area contributed by atoms with E-state index in [2.05, 4.69) is 24.7 Å². The van der Waals surface area contributed by atoms with Crippen LogP contribution in [0.3, 0.4) is 0 Å². The Morgan fingerprint density at radius 2 is 2.38 bits per heavy atom. The highest BCUT2D eigenvalue weighted by atomic mass is 14.7. The molecule has 46 valence electrons. The van der Waals surface area contributed by atoms with Gasteiger partial charge in [0, 0.05) is 6.54 Å². The molecule has 1 heteroatoms. The molecule has 1 nitrogen and oxygen atoms in total. The highest BCUT2D eigenvalue weighted by molar-refractivity contribution is 5.23. The van der Waals surface area contributed by atoms with E-state index in [0.29, 0.717) is 0 Å². The zero-order chi connectivity index (χ0) is 6.41. The maximum atomic E-state index is 3.73. The van der Waals surface area contributed by atoms with Crippen molar-refractivity contribution in [3.8, 4) is 0 Å². The molecule has 0 saturated carbocycles. The lowest BCUT2D eigenvalue weighted by molar-refractivity contribution is 0.955. The first kappa shape index (κ1) is 7.41. The summed E-state index contributed by atoms with van der Waals surface area (Å²) in [6, 6.07) is 0. The lowest BCUT2D eigenvalue weighted by atomic mass is 10.2. The Bertz CT molecular complexity index is 92.6. The van der Waals surface area contributed by atoms with Crippen LogP contribution in [0, 0.1) is 0 Å². The van der Waals surface area contributed by atoms with E-state index >= 15 is 0 Å². The van der Waals surface area contributed by atoms with Gasteiger partial charge < -0.3 is 4.99 Å². The smallest absolute Gasteiger partial charge is 0.0419 e. The first-order valence-corrected chi connectivity index (χ1v) is 2.85. The molecule has 0 atom stereocenters. The van der Waals surface area contributed by atoms with Crippen LogP contribution in [0.15, 0.2) is 16.6 Å². The van der Waals surface area contributed by atoms with Crippen molar-refractivity contribution in [2.45, 2.75) is 20.3 Å². The van der Waals surface area contributed by atoms with Gasteiger partial charge in [0.25, 0.3) is 0 Å². The molecule has 0 aliphatic carbocycles. The van der Waals surface area contributed by atoms with Crippen molar-refractivity contribution in [1.29, 1.82) is 0 Å². The number of rotatable bonds is 3. The molecular formula is C7H13N. The van der Waals surface area contributed by atoms with Crippen LogP contribution in [0.2, 0.25) is 0 Å². The summed E-state index contributed by atoms with van der Waals surface area (Å²) in [5.41, 5.74) is 1.39. The van der Waals surface area contributed by atoms with Crippen molar-refractivity contribution in [2.24, 2.45) is 4.99 Å². The summed E-state index contributed by atoms with van der Waals surface area (Å²) in [6.45, 7) is 8.39. The fraction of sp³-hybridized carbons (Fsp3) is 0.571. The molecule has 0 aliphatic rings. The summed E-state index contributed by atoms with van der Waals surface area (Å²) >= 11 is 0. The Hall–Kier alpha value is -0.590. The SMILES string of the molecule is C=NCC/C(C)=C\C. The molecule has 0 unspecified atom stereocenters. The lowest BCUT2D eigenvalue weighted by Crippen LogP contribution is -1.79. The van der Waals surface area contributed by atoms with E-state index in [0.717, 1.165) is 13.0 Å². The zero-order valence-corrected chi connectivity index (χ0v) is 5.65. The van der Waals surface area contributed by atoms with Crippen LogP contribution in [0.4, 0.5) is 0 Å². The van der Waals surface area contributed by atoms with Crippen molar-refractivity contribution in [3.63, 3.8) is 0 Å². The first-order chi connectivity index (χ1) is 3.81. The van der Waals surface area contributed by atoms with Crippen molar-refractivity contribution < 1.29 is 0 Å². The van der Waals surface area contributed by atoms with E-state index in [1.807, 2.05) is 6.92 Å². The second-order valence-electron chi connectivity index (χ2n) is 1.83. The fourth-order valence-electron chi connectivity index (χ4n) is 0.400. The van der Waals surface area contributed by atoms with E-state index in [4.69, 9.17) is 0 Å². The molecule has 0 bridgehead atoms.